The fourth-order valence-electron chi connectivity index (χ4n) is 10.2. The van der Waals surface area contributed by atoms with Gasteiger partial charge in [-0.2, -0.15) is 0 Å². The second-order valence-electron chi connectivity index (χ2n) is 25.1. The largest absolute Gasteiger partial charge is 0.458 e. The number of nitrogens with two attached hydrogens (primary N) is 1. The van der Waals surface area contributed by atoms with E-state index in [2.05, 4.69) is 56.3 Å². The Kier molecular flexibility index (Phi) is 27.7. The molecule has 8 aromatic rings. The number of carbonyl (C=O) groups excluding carboxylic acids is 6. The highest BCUT2D eigenvalue weighted by atomic mass is 35.5. The van der Waals surface area contributed by atoms with Crippen LogP contribution in [0.3, 0.4) is 0 Å². The Morgan fingerprint density at radius 3 is 1.31 bits per heavy atom. The lowest BCUT2D eigenvalue weighted by Gasteiger charge is -2.34. The van der Waals surface area contributed by atoms with Gasteiger partial charge in [-0.3, -0.25) is 34.5 Å². The summed E-state index contributed by atoms with van der Waals surface area (Å²) in [6, 6.07) is 45.2. The number of carbonyl (C=O) groups is 6. The van der Waals surface area contributed by atoms with Crippen molar-refractivity contribution in [1.29, 1.82) is 0 Å². The predicted molar refractivity (Wildman–Crippen MR) is 364 cm³/mol. The van der Waals surface area contributed by atoms with Gasteiger partial charge in [-0.1, -0.05) is 137 Å². The van der Waals surface area contributed by atoms with Gasteiger partial charge in [-0.15, -0.1) is 24.0 Å². The molecule has 16 nitrogen and oxygen atoms in total. The first-order valence-corrected chi connectivity index (χ1v) is 30.9. The summed E-state index contributed by atoms with van der Waals surface area (Å²) in [6.45, 7) is 19.4. The predicted octanol–water partition coefficient (Wildman–Crippen LogP) is 11.9. The Morgan fingerprint density at radius 1 is 0.511 bits per heavy atom. The fraction of sp³-hybridized carbons (Fsp3) is 0.389. The van der Waals surface area contributed by atoms with E-state index in [1.165, 1.54) is 10.8 Å². The van der Waals surface area contributed by atoms with Crippen molar-refractivity contribution in [1.82, 2.24) is 35.7 Å². The van der Waals surface area contributed by atoms with Crippen LogP contribution in [-0.2, 0) is 64.2 Å². The molecule has 2 heterocycles. The Labute approximate surface area is 541 Å². The van der Waals surface area contributed by atoms with Crippen LogP contribution in [0.1, 0.15) is 104 Å². The third-order valence-electron chi connectivity index (χ3n) is 14.5. The van der Waals surface area contributed by atoms with Crippen molar-refractivity contribution < 1.29 is 38.2 Å². The number of esters is 2. The number of hydrogen-bond donors (Lipinski definition) is 4. The molecule has 8 rings (SSSR count). The molecule has 4 atom stereocenters. The van der Waals surface area contributed by atoms with E-state index >= 15 is 0 Å². The second-order valence-corrected chi connectivity index (χ2v) is 25.4. The molecule has 4 amide bonds. The number of aromatic nitrogens is 2. The molecule has 6 aromatic carbocycles. The van der Waals surface area contributed by atoms with E-state index in [0.29, 0.717) is 25.7 Å². The topological polar surface area (TPSA) is 215 Å². The van der Waals surface area contributed by atoms with E-state index in [1.807, 2.05) is 184 Å². The van der Waals surface area contributed by atoms with Crippen LogP contribution in [0.5, 0.6) is 0 Å². The van der Waals surface area contributed by atoms with Gasteiger partial charge in [0.05, 0.1) is 29.7 Å². The maximum absolute atomic E-state index is 14.1. The summed E-state index contributed by atoms with van der Waals surface area (Å²) in [5.41, 5.74) is 10.0. The van der Waals surface area contributed by atoms with Crippen molar-refractivity contribution in [3.05, 3.63) is 180 Å². The minimum absolute atomic E-state index is 0. The summed E-state index contributed by atoms with van der Waals surface area (Å²) in [5.74, 6) is -1.62. The van der Waals surface area contributed by atoms with Gasteiger partial charge < -0.3 is 35.6 Å². The average molecular weight is 1270 g/mol. The van der Waals surface area contributed by atoms with Gasteiger partial charge in [0.15, 0.2) is 0 Å². The highest BCUT2D eigenvalue weighted by Gasteiger charge is 2.36. The molecule has 0 fully saturated rings. The van der Waals surface area contributed by atoms with Crippen molar-refractivity contribution in [3.63, 3.8) is 0 Å². The number of pyridine rings is 2. The number of nitrogens with zero attached hydrogens (tertiary/aromatic N) is 4. The van der Waals surface area contributed by atoms with E-state index in [4.69, 9.17) is 26.8 Å². The number of halogens is 2. The number of hydrogen-bond acceptors (Lipinski definition) is 12. The quantitative estimate of drug-likeness (QED) is 0.0368. The molecule has 5 N–H and O–H groups in total. The first-order chi connectivity index (χ1) is 42.2. The summed E-state index contributed by atoms with van der Waals surface area (Å²) in [5, 5.41) is 15.0. The monoisotopic (exact) mass is 1260 g/mol. The van der Waals surface area contributed by atoms with Crippen molar-refractivity contribution in [2.24, 2.45) is 17.6 Å². The third kappa shape index (κ3) is 22.5. The zero-order valence-corrected chi connectivity index (χ0v) is 55.6. The van der Waals surface area contributed by atoms with Crippen LogP contribution < -0.4 is 21.7 Å². The Bertz CT molecular complexity index is 3700. The smallest absolute Gasteiger partial charge is 0.329 e. The van der Waals surface area contributed by atoms with E-state index in [0.717, 1.165) is 54.8 Å². The lowest BCUT2D eigenvalue weighted by Crippen LogP contribution is -2.53. The van der Waals surface area contributed by atoms with Crippen LogP contribution in [-0.4, -0.2) is 117 Å². The molecule has 0 aliphatic heterocycles. The minimum Gasteiger partial charge on any atom is -0.458 e. The zero-order valence-electron chi connectivity index (χ0n) is 54.1. The molecule has 0 aliphatic rings. The maximum Gasteiger partial charge on any atom is 0.329 e. The number of amides is 4. The lowest BCUT2D eigenvalue weighted by atomic mass is 10.00. The van der Waals surface area contributed by atoms with Gasteiger partial charge >= 0.3 is 11.9 Å². The molecule has 0 bridgehead atoms. The third-order valence-corrected chi connectivity index (χ3v) is 14.7. The Morgan fingerprint density at radius 2 is 0.900 bits per heavy atom. The molecule has 0 saturated heterocycles. The van der Waals surface area contributed by atoms with Gasteiger partial charge in [-0.05, 0) is 159 Å². The number of fused-ring (bicyclic) bond motifs is 4. The number of rotatable bonds is 22. The van der Waals surface area contributed by atoms with Crippen LogP contribution >= 0.6 is 24.0 Å². The van der Waals surface area contributed by atoms with Crippen molar-refractivity contribution in [2.75, 3.05) is 26.5 Å². The minimum atomic E-state index is -0.799. The molecule has 0 radical (unpaired) electrons. The summed E-state index contributed by atoms with van der Waals surface area (Å²) >= 11 is 5.87. The van der Waals surface area contributed by atoms with Crippen LogP contribution in [0.15, 0.2) is 158 Å². The molecule has 0 spiro atoms. The number of ether oxygens (including phenoxy) is 2. The van der Waals surface area contributed by atoms with Gasteiger partial charge in [0, 0.05) is 50.4 Å². The summed E-state index contributed by atoms with van der Waals surface area (Å²) in [4.78, 5) is 89.3. The van der Waals surface area contributed by atoms with Crippen molar-refractivity contribution in [3.8, 4) is 0 Å². The van der Waals surface area contributed by atoms with Gasteiger partial charge in [0.25, 0.3) is 0 Å². The lowest BCUT2D eigenvalue weighted by molar-refractivity contribution is -0.166. The normalized spacial score (nSPS) is 12.7. The van der Waals surface area contributed by atoms with Crippen LogP contribution in [0.4, 0.5) is 0 Å². The summed E-state index contributed by atoms with van der Waals surface area (Å²) < 4.78 is 11.4. The molecule has 0 saturated carbocycles. The van der Waals surface area contributed by atoms with Crippen LogP contribution in [0.25, 0.3) is 43.4 Å². The number of nitrogens with one attached hydrogen (secondary N) is 3. The molecule has 2 aromatic heterocycles. The van der Waals surface area contributed by atoms with E-state index in [-0.39, 0.29) is 73.4 Å². The van der Waals surface area contributed by atoms with Crippen LogP contribution in [0.2, 0.25) is 0 Å². The highest BCUT2D eigenvalue weighted by Crippen LogP contribution is 2.26. The van der Waals surface area contributed by atoms with Gasteiger partial charge in [0.1, 0.15) is 29.2 Å². The standard InChI is InChI=1S/C36H44N4O4.C22H29ClN2O3.C14H16N2O.ClH/c1-24(2)18-32(35(43)44-36(3,4)5)40(23-26-14-16-30-29(20-26)12-9-17-38-30)33(41)22-39-31(34(42)37-6)21-25-13-15-27-10-7-8-11-28(27)19-25;1-15(2)11-19(21(27)28-22(3,4)5)25(20(26)13-23)14-16-8-9-18-17(12-16)7-6-10-24-18;1-16-14(17)13(15)9-10-6-7-11-4-2-3-5-12(11)8-10;/h7-17,19-20,24,31-32,39H,18,21-23H2,1-6H3,(H,37,42);6-10,12,15,19H,11,13-14H2,1-5H3;2-8,13H,9,15H2,1H3,(H,16,17);1H/t31-,32-;19-;13-;/m000./s1. The first-order valence-electron chi connectivity index (χ1n) is 30.4. The van der Waals surface area contributed by atoms with Gasteiger partial charge in [-0.25, -0.2) is 9.59 Å². The number of benzene rings is 6. The first kappa shape index (κ1) is 72.7. The van der Waals surface area contributed by atoms with Crippen LogP contribution in [0, 0.1) is 11.8 Å². The number of likely N-dealkylation sites (N-methyl/N-ethyl adjacent to an activating group) is 2. The second kappa shape index (κ2) is 34.3. The van der Waals surface area contributed by atoms with E-state index < -0.39 is 47.3 Å². The maximum atomic E-state index is 14.1. The molecule has 0 aliphatic carbocycles. The number of alkyl halides is 1. The Balaban J connectivity index is 0.000000272. The SMILES string of the molecule is CC(C)C[C@@H](C(=O)OC(C)(C)C)N(Cc1ccc2ncccc2c1)C(=O)CCl.CNC(=O)[C@@H](N)Cc1ccc2ccccc2c1.CNC(=O)[C@H](Cc1ccc2ccccc2c1)NCC(=O)N(Cc1ccc2ncccc2c1)[C@@H](CC(C)C)C(=O)OC(C)(C)C.Cl. The zero-order chi connectivity index (χ0) is 65.0. The highest BCUT2D eigenvalue weighted by molar-refractivity contribution is 6.27. The molecule has 90 heavy (non-hydrogen) atoms. The summed E-state index contributed by atoms with van der Waals surface area (Å²) in [7, 11) is 3.18. The summed E-state index contributed by atoms with van der Waals surface area (Å²) in [6.07, 6.45) is 5.39. The molecule has 480 valence electrons. The molecular formula is C72H90Cl2N8O8. The van der Waals surface area contributed by atoms with Crippen molar-refractivity contribution >= 4 is 103 Å². The van der Waals surface area contributed by atoms with E-state index in [1.54, 1.807) is 36.3 Å². The molecule has 18 heteroatoms. The fourth-order valence-corrected chi connectivity index (χ4v) is 10.4. The molecule has 0 unspecified atom stereocenters. The van der Waals surface area contributed by atoms with E-state index in [9.17, 15) is 28.8 Å². The van der Waals surface area contributed by atoms with Crippen molar-refractivity contribution in [2.45, 2.75) is 143 Å². The molecular weight excluding hydrogens is 1180 g/mol. The Hall–Kier alpha value is -8.02. The van der Waals surface area contributed by atoms with Gasteiger partial charge in [0.2, 0.25) is 23.6 Å². The average Bonchev–Trinajstić information content (AvgIpc) is 1.63.